The number of nitrogens with zero attached hydrogens (tertiary/aromatic N) is 1. The van der Waals surface area contributed by atoms with E-state index in [1.54, 1.807) is 0 Å². The van der Waals surface area contributed by atoms with Crippen molar-refractivity contribution in [3.63, 3.8) is 0 Å². The third kappa shape index (κ3) is 11.6. The van der Waals surface area contributed by atoms with Crippen molar-refractivity contribution in [3.8, 4) is 0 Å². The molecule has 0 aliphatic heterocycles. The van der Waals surface area contributed by atoms with E-state index >= 15 is 0 Å². The number of carboxylic acid groups (broad SMARTS) is 2. The molecule has 2 amide bonds. The van der Waals surface area contributed by atoms with Crippen LogP contribution in [-0.4, -0.2) is 39.6 Å². The SMILES string of the molecule is CCCCCCCCCCCCC(CC)C(=O)N(CC(=O)O)C(=O)O. The maximum Gasteiger partial charge on any atom is 0.414 e. The highest BCUT2D eigenvalue weighted by Gasteiger charge is 2.28. The second kappa shape index (κ2) is 14.7. The van der Waals surface area contributed by atoms with Gasteiger partial charge in [0.2, 0.25) is 5.91 Å². The summed E-state index contributed by atoms with van der Waals surface area (Å²) in [5, 5.41) is 17.8. The van der Waals surface area contributed by atoms with Crippen molar-refractivity contribution in [2.45, 2.75) is 90.9 Å². The Morgan fingerprint density at radius 1 is 0.800 bits per heavy atom. The fourth-order valence-electron chi connectivity index (χ4n) is 2.98. The van der Waals surface area contributed by atoms with E-state index in [0.717, 1.165) is 19.3 Å². The predicted octanol–water partition coefficient (Wildman–Crippen LogP) is 4.91. The van der Waals surface area contributed by atoms with Crippen LogP contribution >= 0.6 is 0 Å². The Bertz CT molecular complexity index is 397. The first-order valence-electron chi connectivity index (χ1n) is 9.70. The first-order chi connectivity index (χ1) is 11.9. The number of unbranched alkanes of at least 4 members (excludes halogenated alkanes) is 9. The molecule has 0 aromatic rings. The van der Waals surface area contributed by atoms with E-state index in [2.05, 4.69) is 6.92 Å². The number of amides is 2. The predicted molar refractivity (Wildman–Crippen MR) is 97.6 cm³/mol. The van der Waals surface area contributed by atoms with Gasteiger partial charge in [0.25, 0.3) is 0 Å². The van der Waals surface area contributed by atoms with Crippen LogP contribution in [0.3, 0.4) is 0 Å². The zero-order valence-electron chi connectivity index (χ0n) is 15.8. The van der Waals surface area contributed by atoms with Gasteiger partial charge in [-0.05, 0) is 12.8 Å². The second-order valence-corrected chi connectivity index (χ2v) is 6.68. The highest BCUT2D eigenvalue weighted by Crippen LogP contribution is 2.18. The van der Waals surface area contributed by atoms with Crippen molar-refractivity contribution >= 4 is 18.0 Å². The Balaban J connectivity index is 3.98. The number of imide groups is 1. The average molecular weight is 357 g/mol. The van der Waals surface area contributed by atoms with Gasteiger partial charge >= 0.3 is 12.1 Å². The van der Waals surface area contributed by atoms with Crippen LogP contribution in [0, 0.1) is 5.92 Å². The molecule has 0 saturated carbocycles. The Labute approximate surface area is 151 Å². The molecule has 0 bridgehead atoms. The summed E-state index contributed by atoms with van der Waals surface area (Å²) in [6.07, 6.45) is 11.7. The monoisotopic (exact) mass is 357 g/mol. The summed E-state index contributed by atoms with van der Waals surface area (Å²) in [6.45, 7) is 3.26. The van der Waals surface area contributed by atoms with Gasteiger partial charge in [0, 0.05) is 5.92 Å². The third-order valence-corrected chi connectivity index (χ3v) is 4.54. The molecule has 0 heterocycles. The van der Waals surface area contributed by atoms with Crippen LogP contribution in [0.4, 0.5) is 4.79 Å². The lowest BCUT2D eigenvalue weighted by Gasteiger charge is -2.21. The van der Waals surface area contributed by atoms with Gasteiger partial charge in [-0.2, -0.15) is 0 Å². The van der Waals surface area contributed by atoms with Crippen LogP contribution in [0.2, 0.25) is 0 Å². The van der Waals surface area contributed by atoms with Crippen molar-refractivity contribution < 1.29 is 24.6 Å². The van der Waals surface area contributed by atoms with Gasteiger partial charge in [0.15, 0.2) is 0 Å². The first kappa shape index (κ1) is 23.4. The molecule has 146 valence electrons. The fraction of sp³-hybridized carbons (Fsp3) is 0.842. The molecule has 0 fully saturated rings. The molecule has 2 N–H and O–H groups in total. The van der Waals surface area contributed by atoms with Crippen LogP contribution in [0.1, 0.15) is 90.9 Å². The van der Waals surface area contributed by atoms with E-state index < -0.39 is 30.4 Å². The molecular formula is C19H35NO5. The van der Waals surface area contributed by atoms with Crippen molar-refractivity contribution in [2.24, 2.45) is 5.92 Å². The van der Waals surface area contributed by atoms with Crippen LogP contribution in [-0.2, 0) is 9.59 Å². The minimum atomic E-state index is -1.49. The summed E-state index contributed by atoms with van der Waals surface area (Å²) in [4.78, 5) is 34.4. The van der Waals surface area contributed by atoms with E-state index in [1.807, 2.05) is 6.92 Å². The number of aliphatic carboxylic acids is 1. The van der Waals surface area contributed by atoms with Gasteiger partial charge in [0.1, 0.15) is 6.54 Å². The molecule has 1 atom stereocenters. The molecular weight excluding hydrogens is 322 g/mol. The lowest BCUT2D eigenvalue weighted by molar-refractivity contribution is -0.144. The molecule has 0 aromatic heterocycles. The van der Waals surface area contributed by atoms with E-state index in [4.69, 9.17) is 10.2 Å². The van der Waals surface area contributed by atoms with Gasteiger partial charge in [-0.3, -0.25) is 9.59 Å². The standard InChI is InChI=1S/C19H35NO5/c1-3-5-6-7-8-9-10-11-12-13-14-16(4-2)18(23)20(19(24)25)15-17(21)22/h16H,3-15H2,1-2H3,(H,21,22)(H,24,25). The van der Waals surface area contributed by atoms with Crippen LogP contribution in [0.15, 0.2) is 0 Å². The van der Waals surface area contributed by atoms with Gasteiger partial charge in [-0.1, -0.05) is 78.1 Å². The summed E-state index contributed by atoms with van der Waals surface area (Å²) < 4.78 is 0. The summed E-state index contributed by atoms with van der Waals surface area (Å²) >= 11 is 0. The molecule has 0 spiro atoms. The lowest BCUT2D eigenvalue weighted by atomic mass is 9.96. The molecule has 0 aromatic carbocycles. The molecule has 25 heavy (non-hydrogen) atoms. The minimum Gasteiger partial charge on any atom is -0.480 e. The van der Waals surface area contributed by atoms with Gasteiger partial charge in [0.05, 0.1) is 0 Å². The molecule has 0 radical (unpaired) electrons. The zero-order valence-corrected chi connectivity index (χ0v) is 15.8. The fourth-order valence-corrected chi connectivity index (χ4v) is 2.98. The average Bonchev–Trinajstić information content (AvgIpc) is 2.57. The van der Waals surface area contributed by atoms with Crippen molar-refractivity contribution in [2.75, 3.05) is 6.54 Å². The lowest BCUT2D eigenvalue weighted by Crippen LogP contribution is -2.43. The maximum absolute atomic E-state index is 12.2. The Hall–Kier alpha value is -1.59. The molecule has 0 aliphatic rings. The summed E-state index contributed by atoms with van der Waals surface area (Å²) in [5.74, 6) is -2.32. The number of rotatable bonds is 15. The zero-order chi connectivity index (χ0) is 19.1. The molecule has 6 nitrogen and oxygen atoms in total. The Kier molecular flexibility index (Phi) is 13.8. The quantitative estimate of drug-likeness (QED) is 0.406. The highest BCUT2D eigenvalue weighted by molar-refractivity contribution is 5.95. The van der Waals surface area contributed by atoms with Crippen LogP contribution < -0.4 is 0 Å². The first-order valence-corrected chi connectivity index (χ1v) is 9.70. The third-order valence-electron chi connectivity index (χ3n) is 4.54. The largest absolute Gasteiger partial charge is 0.480 e. The van der Waals surface area contributed by atoms with Crippen molar-refractivity contribution in [3.05, 3.63) is 0 Å². The Morgan fingerprint density at radius 3 is 1.68 bits per heavy atom. The smallest absolute Gasteiger partial charge is 0.414 e. The van der Waals surface area contributed by atoms with Gasteiger partial charge in [-0.25, -0.2) is 9.69 Å². The van der Waals surface area contributed by atoms with E-state index in [9.17, 15) is 14.4 Å². The normalized spacial score (nSPS) is 11.9. The van der Waals surface area contributed by atoms with Crippen LogP contribution in [0.25, 0.3) is 0 Å². The molecule has 1 unspecified atom stereocenters. The van der Waals surface area contributed by atoms with E-state index in [-0.39, 0.29) is 0 Å². The molecule has 6 heteroatoms. The second-order valence-electron chi connectivity index (χ2n) is 6.68. The van der Waals surface area contributed by atoms with Crippen molar-refractivity contribution in [1.29, 1.82) is 0 Å². The summed E-state index contributed by atoms with van der Waals surface area (Å²) in [7, 11) is 0. The van der Waals surface area contributed by atoms with E-state index in [0.29, 0.717) is 17.7 Å². The number of carbonyl (C=O) groups is 3. The van der Waals surface area contributed by atoms with Gasteiger partial charge < -0.3 is 10.2 Å². The minimum absolute atomic E-state index is 0.413. The Morgan fingerprint density at radius 2 is 1.28 bits per heavy atom. The number of carbonyl (C=O) groups excluding carboxylic acids is 1. The summed E-state index contributed by atoms with van der Waals surface area (Å²) in [6, 6.07) is 0. The molecule has 0 aliphatic carbocycles. The summed E-state index contributed by atoms with van der Waals surface area (Å²) in [5.41, 5.74) is 0. The molecule has 0 rings (SSSR count). The number of hydrogen-bond donors (Lipinski definition) is 2. The van der Waals surface area contributed by atoms with Gasteiger partial charge in [-0.15, -0.1) is 0 Å². The maximum atomic E-state index is 12.2. The van der Waals surface area contributed by atoms with E-state index in [1.165, 1.54) is 44.9 Å². The van der Waals surface area contributed by atoms with Crippen molar-refractivity contribution in [1.82, 2.24) is 4.90 Å². The topological polar surface area (TPSA) is 94.9 Å². The number of carboxylic acids is 1. The molecule has 0 saturated heterocycles. The van der Waals surface area contributed by atoms with Crippen LogP contribution in [0.5, 0.6) is 0 Å². The highest BCUT2D eigenvalue weighted by atomic mass is 16.4. The number of hydrogen-bond acceptors (Lipinski definition) is 3.